The Bertz CT molecular complexity index is 472. The molecule has 0 saturated carbocycles. The Labute approximate surface area is 109 Å². The van der Waals surface area contributed by atoms with E-state index in [0.717, 1.165) is 11.1 Å². The van der Waals surface area contributed by atoms with Crippen LogP contribution in [-0.2, 0) is 11.3 Å². The average molecular weight is 244 g/mol. The van der Waals surface area contributed by atoms with Crippen LogP contribution in [0.3, 0.4) is 0 Å². The second-order valence-corrected chi connectivity index (χ2v) is 5.00. The van der Waals surface area contributed by atoms with Crippen molar-refractivity contribution in [2.75, 3.05) is 0 Å². The number of hydrogen-bond acceptors (Lipinski definition) is 2. The van der Waals surface area contributed by atoms with E-state index in [1.807, 2.05) is 39.8 Å². The molecule has 0 bridgehead atoms. The molecule has 1 unspecified atom stereocenters. The van der Waals surface area contributed by atoms with Crippen molar-refractivity contribution in [3.05, 3.63) is 34.9 Å². The normalized spacial score (nSPS) is 12.0. The van der Waals surface area contributed by atoms with Gasteiger partial charge in [0.2, 0.25) is 5.91 Å². The lowest BCUT2D eigenvalue weighted by molar-refractivity contribution is -0.124. The van der Waals surface area contributed by atoms with Gasteiger partial charge in [-0.15, -0.1) is 0 Å². The highest BCUT2D eigenvalue weighted by Crippen LogP contribution is 2.12. The average Bonchev–Trinajstić information content (AvgIpc) is 2.30. The Morgan fingerprint density at radius 1 is 1.39 bits per heavy atom. The molecule has 3 nitrogen and oxygen atoms in total. The lowest BCUT2D eigenvalue weighted by atomic mass is 9.96. The summed E-state index contributed by atoms with van der Waals surface area (Å²) in [6.07, 6.45) is 0. The Kier molecular flexibility index (Phi) is 4.91. The quantitative estimate of drug-likeness (QED) is 0.885. The molecule has 0 heterocycles. The third-order valence-corrected chi connectivity index (χ3v) is 3.05. The first-order chi connectivity index (χ1) is 8.45. The van der Waals surface area contributed by atoms with E-state index < -0.39 is 5.92 Å². The Morgan fingerprint density at radius 3 is 2.61 bits per heavy atom. The van der Waals surface area contributed by atoms with Crippen molar-refractivity contribution in [1.82, 2.24) is 5.32 Å². The van der Waals surface area contributed by atoms with Crippen LogP contribution in [0.5, 0.6) is 0 Å². The molecule has 1 amide bonds. The van der Waals surface area contributed by atoms with E-state index in [1.54, 1.807) is 0 Å². The molecular weight excluding hydrogens is 224 g/mol. The number of carbonyl (C=O) groups excluding carboxylic acids is 1. The van der Waals surface area contributed by atoms with Gasteiger partial charge >= 0.3 is 0 Å². The molecule has 0 spiro atoms. The largest absolute Gasteiger partial charge is 0.351 e. The number of nitriles is 1. The molecule has 0 aliphatic heterocycles. The summed E-state index contributed by atoms with van der Waals surface area (Å²) in [5.74, 6) is -0.725. The van der Waals surface area contributed by atoms with Gasteiger partial charge in [0.05, 0.1) is 6.07 Å². The second-order valence-electron chi connectivity index (χ2n) is 5.00. The summed E-state index contributed by atoms with van der Waals surface area (Å²) in [6.45, 7) is 8.29. The molecule has 0 radical (unpaired) electrons. The SMILES string of the molecule is Cc1ccc(C)c(CNC(=O)C(C#N)C(C)C)c1. The summed E-state index contributed by atoms with van der Waals surface area (Å²) in [6, 6.07) is 8.20. The minimum atomic E-state index is -0.574. The summed E-state index contributed by atoms with van der Waals surface area (Å²) in [5.41, 5.74) is 3.42. The fourth-order valence-electron chi connectivity index (χ4n) is 1.79. The highest BCUT2D eigenvalue weighted by Gasteiger charge is 2.21. The number of nitrogens with zero attached hydrogens (tertiary/aromatic N) is 1. The molecule has 1 aromatic carbocycles. The zero-order valence-corrected chi connectivity index (χ0v) is 11.4. The number of benzene rings is 1. The van der Waals surface area contributed by atoms with Gasteiger partial charge in [-0.2, -0.15) is 5.26 Å². The summed E-state index contributed by atoms with van der Waals surface area (Å²) in [7, 11) is 0. The van der Waals surface area contributed by atoms with Crippen molar-refractivity contribution in [2.24, 2.45) is 11.8 Å². The molecule has 1 aromatic rings. The van der Waals surface area contributed by atoms with Gasteiger partial charge in [0.1, 0.15) is 5.92 Å². The number of amides is 1. The van der Waals surface area contributed by atoms with Crippen LogP contribution in [0.1, 0.15) is 30.5 Å². The summed E-state index contributed by atoms with van der Waals surface area (Å²) in [4.78, 5) is 11.9. The van der Waals surface area contributed by atoms with Gasteiger partial charge in [0.15, 0.2) is 0 Å². The van der Waals surface area contributed by atoms with Crippen LogP contribution >= 0.6 is 0 Å². The smallest absolute Gasteiger partial charge is 0.237 e. The molecule has 3 heteroatoms. The number of nitrogens with one attached hydrogen (secondary N) is 1. The van der Waals surface area contributed by atoms with Crippen LogP contribution in [0.4, 0.5) is 0 Å². The number of carbonyl (C=O) groups is 1. The van der Waals surface area contributed by atoms with Crippen molar-refractivity contribution in [2.45, 2.75) is 34.2 Å². The lowest BCUT2D eigenvalue weighted by Crippen LogP contribution is -2.32. The van der Waals surface area contributed by atoms with Gasteiger partial charge in [-0.25, -0.2) is 0 Å². The van der Waals surface area contributed by atoms with Crippen LogP contribution < -0.4 is 5.32 Å². The van der Waals surface area contributed by atoms with Crippen LogP contribution in [-0.4, -0.2) is 5.91 Å². The van der Waals surface area contributed by atoms with E-state index in [2.05, 4.69) is 17.5 Å². The van der Waals surface area contributed by atoms with Crippen LogP contribution in [0, 0.1) is 37.0 Å². The van der Waals surface area contributed by atoms with Crippen LogP contribution in [0.25, 0.3) is 0 Å². The first kappa shape index (κ1) is 14.2. The van der Waals surface area contributed by atoms with Crippen molar-refractivity contribution in [3.8, 4) is 6.07 Å². The standard InChI is InChI=1S/C15H20N2O/c1-10(2)14(8-16)15(18)17-9-13-7-11(3)5-6-12(13)4/h5-7,10,14H,9H2,1-4H3,(H,17,18). The van der Waals surface area contributed by atoms with E-state index in [-0.39, 0.29) is 11.8 Å². The molecule has 1 N–H and O–H groups in total. The molecule has 0 aliphatic rings. The van der Waals surface area contributed by atoms with Crippen molar-refractivity contribution in [3.63, 3.8) is 0 Å². The van der Waals surface area contributed by atoms with Gasteiger partial charge in [-0.1, -0.05) is 37.6 Å². The maximum absolute atomic E-state index is 11.9. The Morgan fingerprint density at radius 2 is 2.06 bits per heavy atom. The topological polar surface area (TPSA) is 52.9 Å². The predicted octanol–water partition coefficient (Wildman–Crippen LogP) is 2.72. The van der Waals surface area contributed by atoms with Gasteiger partial charge in [0, 0.05) is 6.54 Å². The number of hydrogen-bond donors (Lipinski definition) is 1. The molecule has 0 fully saturated rings. The van der Waals surface area contributed by atoms with E-state index in [9.17, 15) is 4.79 Å². The first-order valence-corrected chi connectivity index (χ1v) is 6.19. The fraction of sp³-hybridized carbons (Fsp3) is 0.467. The molecular formula is C15H20N2O. The molecule has 0 aromatic heterocycles. The minimum absolute atomic E-state index is 0.0357. The molecule has 1 rings (SSSR count). The maximum Gasteiger partial charge on any atom is 0.237 e. The maximum atomic E-state index is 11.9. The van der Waals surface area contributed by atoms with E-state index >= 15 is 0 Å². The molecule has 0 aliphatic carbocycles. The zero-order valence-electron chi connectivity index (χ0n) is 11.4. The van der Waals surface area contributed by atoms with Gasteiger partial charge in [-0.3, -0.25) is 4.79 Å². The van der Waals surface area contributed by atoms with E-state index in [4.69, 9.17) is 5.26 Å². The van der Waals surface area contributed by atoms with E-state index in [0.29, 0.717) is 6.54 Å². The summed E-state index contributed by atoms with van der Waals surface area (Å²) < 4.78 is 0. The fourth-order valence-corrected chi connectivity index (χ4v) is 1.79. The predicted molar refractivity (Wildman–Crippen MR) is 71.7 cm³/mol. The monoisotopic (exact) mass is 244 g/mol. The van der Waals surface area contributed by atoms with Crippen molar-refractivity contribution >= 4 is 5.91 Å². The summed E-state index contributed by atoms with van der Waals surface area (Å²) in [5, 5.41) is 11.8. The summed E-state index contributed by atoms with van der Waals surface area (Å²) >= 11 is 0. The lowest BCUT2D eigenvalue weighted by Gasteiger charge is -2.14. The van der Waals surface area contributed by atoms with Crippen LogP contribution in [0.15, 0.2) is 18.2 Å². The van der Waals surface area contributed by atoms with Gasteiger partial charge < -0.3 is 5.32 Å². The Balaban J connectivity index is 2.68. The third-order valence-electron chi connectivity index (χ3n) is 3.05. The number of aryl methyl sites for hydroxylation is 2. The van der Waals surface area contributed by atoms with E-state index in [1.165, 1.54) is 5.56 Å². The highest BCUT2D eigenvalue weighted by molar-refractivity contribution is 5.81. The van der Waals surface area contributed by atoms with Crippen LogP contribution in [0.2, 0.25) is 0 Å². The first-order valence-electron chi connectivity index (χ1n) is 6.19. The number of rotatable bonds is 4. The third kappa shape index (κ3) is 3.59. The molecule has 96 valence electrons. The van der Waals surface area contributed by atoms with Gasteiger partial charge in [0.25, 0.3) is 0 Å². The van der Waals surface area contributed by atoms with Gasteiger partial charge in [-0.05, 0) is 30.9 Å². The van der Waals surface area contributed by atoms with Crippen molar-refractivity contribution < 1.29 is 4.79 Å². The minimum Gasteiger partial charge on any atom is -0.351 e. The molecule has 18 heavy (non-hydrogen) atoms. The molecule has 0 saturated heterocycles. The zero-order chi connectivity index (χ0) is 13.7. The molecule has 1 atom stereocenters. The van der Waals surface area contributed by atoms with Crippen molar-refractivity contribution in [1.29, 1.82) is 5.26 Å². The Hall–Kier alpha value is -1.82. The highest BCUT2D eigenvalue weighted by atomic mass is 16.1. The second kappa shape index (κ2) is 6.20.